The Bertz CT molecular complexity index is 726. The highest BCUT2D eigenvalue weighted by Gasteiger charge is 2.08. The highest BCUT2D eigenvalue weighted by Crippen LogP contribution is 2.25. The fourth-order valence-corrected chi connectivity index (χ4v) is 2.18. The lowest BCUT2D eigenvalue weighted by Crippen LogP contribution is -2.22. The number of carbonyl (C=O) groups is 2. The van der Waals surface area contributed by atoms with Crippen molar-refractivity contribution in [2.24, 2.45) is 0 Å². The van der Waals surface area contributed by atoms with E-state index >= 15 is 0 Å². The molecule has 2 aromatic carbocycles. The van der Waals surface area contributed by atoms with E-state index in [0.717, 1.165) is 5.56 Å². The molecule has 6 nitrogen and oxygen atoms in total. The molecule has 126 valence electrons. The number of hydrogen-bond donors (Lipinski definition) is 2. The van der Waals surface area contributed by atoms with Crippen LogP contribution in [0.5, 0.6) is 11.5 Å². The minimum atomic E-state index is -0.187. The number of anilines is 1. The fraction of sp³-hybridized carbons (Fsp3) is 0.222. The summed E-state index contributed by atoms with van der Waals surface area (Å²) in [6.07, 6.45) is 0. The smallest absolute Gasteiger partial charge is 0.251 e. The van der Waals surface area contributed by atoms with Crippen LogP contribution in [0.15, 0.2) is 42.5 Å². The standard InChI is InChI=1S/C18H20N2O4/c1-12(21)20-16-10-13(4-9-17(16)24-3)11-19-18(22)14-5-7-15(23-2)8-6-14/h4-10H,11H2,1-3H3,(H,19,22)(H,20,21). The van der Waals surface area contributed by atoms with Crippen LogP contribution in [0, 0.1) is 0 Å². The second kappa shape index (κ2) is 8.01. The summed E-state index contributed by atoms with van der Waals surface area (Å²) in [5.41, 5.74) is 1.97. The molecule has 0 fully saturated rings. The van der Waals surface area contributed by atoms with Gasteiger partial charge in [-0.3, -0.25) is 9.59 Å². The summed E-state index contributed by atoms with van der Waals surface area (Å²) in [4.78, 5) is 23.4. The summed E-state index contributed by atoms with van der Waals surface area (Å²) in [6.45, 7) is 1.76. The SMILES string of the molecule is COc1ccc(C(=O)NCc2ccc(OC)c(NC(C)=O)c2)cc1. The molecule has 0 aromatic heterocycles. The van der Waals surface area contributed by atoms with Crippen LogP contribution >= 0.6 is 0 Å². The first-order chi connectivity index (χ1) is 11.5. The fourth-order valence-electron chi connectivity index (χ4n) is 2.18. The van der Waals surface area contributed by atoms with Gasteiger partial charge in [0.2, 0.25) is 5.91 Å². The maximum absolute atomic E-state index is 12.2. The summed E-state index contributed by atoms with van der Waals surface area (Å²) in [6, 6.07) is 12.2. The van der Waals surface area contributed by atoms with E-state index in [9.17, 15) is 9.59 Å². The van der Waals surface area contributed by atoms with Crippen LogP contribution in [0.25, 0.3) is 0 Å². The van der Waals surface area contributed by atoms with Gasteiger partial charge in [-0.05, 0) is 42.0 Å². The largest absolute Gasteiger partial charge is 0.497 e. The van der Waals surface area contributed by atoms with Crippen LogP contribution < -0.4 is 20.1 Å². The number of benzene rings is 2. The monoisotopic (exact) mass is 328 g/mol. The number of carbonyl (C=O) groups excluding carboxylic acids is 2. The molecule has 24 heavy (non-hydrogen) atoms. The summed E-state index contributed by atoms with van der Waals surface area (Å²) in [5.74, 6) is 0.888. The van der Waals surface area contributed by atoms with Crippen LogP contribution in [-0.4, -0.2) is 26.0 Å². The number of hydrogen-bond acceptors (Lipinski definition) is 4. The van der Waals surface area contributed by atoms with Gasteiger partial charge < -0.3 is 20.1 Å². The zero-order chi connectivity index (χ0) is 17.5. The van der Waals surface area contributed by atoms with E-state index in [1.54, 1.807) is 43.5 Å². The Kier molecular flexibility index (Phi) is 5.78. The zero-order valence-electron chi connectivity index (χ0n) is 13.9. The molecule has 0 saturated carbocycles. The third-order valence-electron chi connectivity index (χ3n) is 3.38. The van der Waals surface area contributed by atoms with Crippen LogP contribution in [0.4, 0.5) is 5.69 Å². The van der Waals surface area contributed by atoms with Crippen molar-refractivity contribution in [3.8, 4) is 11.5 Å². The molecule has 0 aliphatic heterocycles. The van der Waals surface area contributed by atoms with Crippen molar-refractivity contribution in [1.29, 1.82) is 0 Å². The van der Waals surface area contributed by atoms with Crippen LogP contribution in [0.3, 0.4) is 0 Å². The van der Waals surface area contributed by atoms with Crippen molar-refractivity contribution in [2.45, 2.75) is 13.5 Å². The molecular formula is C18H20N2O4. The topological polar surface area (TPSA) is 76.7 Å². The third-order valence-corrected chi connectivity index (χ3v) is 3.38. The summed E-state index contributed by atoms with van der Waals surface area (Å²) >= 11 is 0. The molecule has 0 heterocycles. The van der Waals surface area contributed by atoms with Gasteiger partial charge in [0.15, 0.2) is 0 Å². The molecule has 0 aliphatic rings. The number of amides is 2. The third kappa shape index (κ3) is 4.49. The normalized spacial score (nSPS) is 9.96. The highest BCUT2D eigenvalue weighted by molar-refractivity contribution is 5.94. The zero-order valence-corrected chi connectivity index (χ0v) is 13.9. The Morgan fingerprint density at radius 1 is 1.00 bits per heavy atom. The molecule has 0 unspecified atom stereocenters. The van der Waals surface area contributed by atoms with Crippen molar-refractivity contribution in [2.75, 3.05) is 19.5 Å². The molecule has 0 radical (unpaired) electrons. The minimum absolute atomic E-state index is 0.186. The lowest BCUT2D eigenvalue weighted by atomic mass is 10.1. The summed E-state index contributed by atoms with van der Waals surface area (Å²) in [5, 5.41) is 5.54. The van der Waals surface area contributed by atoms with Gasteiger partial charge in [0.05, 0.1) is 19.9 Å². The first-order valence-corrected chi connectivity index (χ1v) is 7.40. The second-order valence-corrected chi connectivity index (χ2v) is 5.13. The highest BCUT2D eigenvalue weighted by atomic mass is 16.5. The van der Waals surface area contributed by atoms with E-state index in [-0.39, 0.29) is 11.8 Å². The lowest BCUT2D eigenvalue weighted by molar-refractivity contribution is -0.114. The number of rotatable bonds is 6. The molecule has 2 rings (SSSR count). The Morgan fingerprint density at radius 2 is 1.71 bits per heavy atom. The maximum Gasteiger partial charge on any atom is 0.251 e. The van der Waals surface area contributed by atoms with Crippen molar-refractivity contribution in [3.05, 3.63) is 53.6 Å². The quantitative estimate of drug-likeness (QED) is 0.854. The Hall–Kier alpha value is -3.02. The van der Waals surface area contributed by atoms with Gasteiger partial charge in [-0.1, -0.05) is 6.07 Å². The predicted molar refractivity (Wildman–Crippen MR) is 91.5 cm³/mol. The Morgan fingerprint density at radius 3 is 2.29 bits per heavy atom. The predicted octanol–water partition coefficient (Wildman–Crippen LogP) is 2.59. The van der Waals surface area contributed by atoms with Gasteiger partial charge in [-0.15, -0.1) is 0 Å². The van der Waals surface area contributed by atoms with E-state index in [2.05, 4.69) is 10.6 Å². The summed E-state index contributed by atoms with van der Waals surface area (Å²) in [7, 11) is 3.11. The molecule has 0 spiro atoms. The molecule has 2 N–H and O–H groups in total. The van der Waals surface area contributed by atoms with Crippen molar-refractivity contribution in [1.82, 2.24) is 5.32 Å². The molecular weight excluding hydrogens is 308 g/mol. The first-order valence-electron chi connectivity index (χ1n) is 7.40. The van der Waals surface area contributed by atoms with Gasteiger partial charge >= 0.3 is 0 Å². The summed E-state index contributed by atoms with van der Waals surface area (Å²) < 4.78 is 10.3. The van der Waals surface area contributed by atoms with Gasteiger partial charge in [-0.25, -0.2) is 0 Å². The first kappa shape index (κ1) is 17.3. The van der Waals surface area contributed by atoms with Gasteiger partial charge in [0, 0.05) is 19.0 Å². The molecule has 0 bridgehead atoms. The lowest BCUT2D eigenvalue weighted by Gasteiger charge is -2.12. The van der Waals surface area contributed by atoms with E-state index in [1.165, 1.54) is 14.0 Å². The number of methoxy groups -OCH3 is 2. The Balaban J connectivity index is 2.04. The average molecular weight is 328 g/mol. The minimum Gasteiger partial charge on any atom is -0.497 e. The van der Waals surface area contributed by atoms with Crippen molar-refractivity contribution >= 4 is 17.5 Å². The van der Waals surface area contributed by atoms with Gasteiger partial charge in [-0.2, -0.15) is 0 Å². The van der Waals surface area contributed by atoms with Crippen LogP contribution in [-0.2, 0) is 11.3 Å². The van der Waals surface area contributed by atoms with E-state index < -0.39 is 0 Å². The van der Waals surface area contributed by atoms with Crippen molar-refractivity contribution in [3.63, 3.8) is 0 Å². The van der Waals surface area contributed by atoms with Gasteiger partial charge in [0.25, 0.3) is 5.91 Å². The van der Waals surface area contributed by atoms with Crippen LogP contribution in [0.1, 0.15) is 22.8 Å². The number of nitrogens with one attached hydrogen (secondary N) is 2. The molecule has 6 heteroatoms. The molecule has 0 aliphatic carbocycles. The second-order valence-electron chi connectivity index (χ2n) is 5.13. The Labute approximate surface area is 140 Å². The molecule has 0 atom stereocenters. The maximum atomic E-state index is 12.2. The number of ether oxygens (including phenoxy) is 2. The average Bonchev–Trinajstić information content (AvgIpc) is 2.59. The molecule has 2 amide bonds. The molecule has 2 aromatic rings. The van der Waals surface area contributed by atoms with Gasteiger partial charge in [0.1, 0.15) is 11.5 Å². The van der Waals surface area contributed by atoms with Crippen molar-refractivity contribution < 1.29 is 19.1 Å². The van der Waals surface area contributed by atoms with E-state index in [4.69, 9.17) is 9.47 Å². The van der Waals surface area contributed by atoms with E-state index in [0.29, 0.717) is 29.3 Å². The molecule has 0 saturated heterocycles. The van der Waals surface area contributed by atoms with E-state index in [1.807, 2.05) is 6.07 Å². The van der Waals surface area contributed by atoms with Crippen LogP contribution in [0.2, 0.25) is 0 Å².